The Labute approximate surface area is 101 Å². The van der Waals surface area contributed by atoms with Gasteiger partial charge in [-0.05, 0) is 18.1 Å². The first-order valence-corrected chi connectivity index (χ1v) is 5.09. The highest BCUT2D eigenvalue weighted by molar-refractivity contribution is 5.85. The van der Waals surface area contributed by atoms with Crippen molar-refractivity contribution in [2.45, 2.75) is 12.5 Å². The quantitative estimate of drug-likeness (QED) is 0.882. The van der Waals surface area contributed by atoms with Crippen LogP contribution in [0.1, 0.15) is 18.0 Å². The van der Waals surface area contributed by atoms with Gasteiger partial charge >= 0.3 is 0 Å². The third kappa shape index (κ3) is 2.20. The maximum absolute atomic E-state index is 12.2. The summed E-state index contributed by atoms with van der Waals surface area (Å²) < 4.78 is 14.3. The molecular formula is C12H16ClFN2. The highest BCUT2D eigenvalue weighted by Gasteiger charge is 2.12. The number of aryl methyl sites for hydroxylation is 1. The van der Waals surface area contributed by atoms with Crippen LogP contribution in [-0.2, 0) is 7.05 Å². The molecular weight excluding hydrogens is 227 g/mol. The van der Waals surface area contributed by atoms with Crippen molar-refractivity contribution in [2.75, 3.05) is 6.67 Å². The van der Waals surface area contributed by atoms with Crippen molar-refractivity contribution in [3.8, 4) is 0 Å². The Morgan fingerprint density at radius 3 is 2.75 bits per heavy atom. The van der Waals surface area contributed by atoms with Gasteiger partial charge in [0.15, 0.2) is 0 Å². The summed E-state index contributed by atoms with van der Waals surface area (Å²) in [6.45, 7) is -0.371. The van der Waals surface area contributed by atoms with Crippen LogP contribution in [0.3, 0.4) is 0 Å². The average Bonchev–Trinajstić information content (AvgIpc) is 2.58. The second kappa shape index (κ2) is 5.32. The van der Waals surface area contributed by atoms with Gasteiger partial charge in [-0.1, -0.05) is 18.2 Å². The second-order valence-electron chi connectivity index (χ2n) is 3.80. The summed E-state index contributed by atoms with van der Waals surface area (Å²) in [5.41, 5.74) is 8.11. The molecule has 0 spiro atoms. The van der Waals surface area contributed by atoms with Crippen molar-refractivity contribution in [3.63, 3.8) is 0 Å². The fourth-order valence-corrected chi connectivity index (χ4v) is 1.94. The Balaban J connectivity index is 0.00000128. The summed E-state index contributed by atoms with van der Waals surface area (Å²) >= 11 is 0. The van der Waals surface area contributed by atoms with Crippen LogP contribution in [0.15, 0.2) is 30.5 Å². The maximum atomic E-state index is 12.2. The monoisotopic (exact) mass is 242 g/mol. The molecule has 16 heavy (non-hydrogen) atoms. The van der Waals surface area contributed by atoms with Gasteiger partial charge in [-0.2, -0.15) is 0 Å². The number of rotatable bonds is 3. The highest BCUT2D eigenvalue weighted by Crippen LogP contribution is 2.26. The van der Waals surface area contributed by atoms with Crippen molar-refractivity contribution in [2.24, 2.45) is 12.8 Å². The summed E-state index contributed by atoms with van der Waals surface area (Å²) in [5, 5.41) is 1.13. The van der Waals surface area contributed by atoms with Crippen LogP contribution >= 0.6 is 12.4 Å². The first kappa shape index (κ1) is 13.0. The molecule has 2 aromatic rings. The van der Waals surface area contributed by atoms with Gasteiger partial charge in [0.1, 0.15) is 0 Å². The third-order valence-corrected chi connectivity index (χ3v) is 2.75. The average molecular weight is 243 g/mol. The Morgan fingerprint density at radius 2 is 2.06 bits per heavy atom. The number of hydrogen-bond donors (Lipinski definition) is 1. The van der Waals surface area contributed by atoms with Gasteiger partial charge in [0.2, 0.25) is 0 Å². The molecule has 1 atom stereocenters. The zero-order valence-corrected chi connectivity index (χ0v) is 10.0. The molecule has 0 saturated heterocycles. The number of halogens is 2. The third-order valence-electron chi connectivity index (χ3n) is 2.75. The molecule has 0 aliphatic carbocycles. The lowest BCUT2D eigenvalue weighted by atomic mass is 10.0. The Bertz CT molecular complexity index is 467. The number of aromatic nitrogens is 1. The van der Waals surface area contributed by atoms with E-state index in [0.29, 0.717) is 6.42 Å². The Hall–Kier alpha value is -1.06. The van der Waals surface area contributed by atoms with Crippen LogP contribution in [0, 0.1) is 0 Å². The zero-order chi connectivity index (χ0) is 10.8. The van der Waals surface area contributed by atoms with E-state index in [1.807, 2.05) is 42.1 Å². The predicted molar refractivity (Wildman–Crippen MR) is 67.7 cm³/mol. The zero-order valence-electron chi connectivity index (χ0n) is 9.19. The molecule has 0 aliphatic heterocycles. The van der Waals surface area contributed by atoms with Crippen LogP contribution in [0.4, 0.5) is 4.39 Å². The van der Waals surface area contributed by atoms with Crippen molar-refractivity contribution in [1.29, 1.82) is 0 Å². The summed E-state index contributed by atoms with van der Waals surface area (Å²) in [7, 11) is 1.98. The van der Waals surface area contributed by atoms with Crippen molar-refractivity contribution >= 4 is 23.3 Å². The summed E-state index contributed by atoms with van der Waals surface area (Å²) in [4.78, 5) is 0. The molecule has 0 unspecified atom stereocenters. The Kier molecular flexibility index (Phi) is 4.33. The van der Waals surface area contributed by atoms with Crippen LogP contribution in [0.25, 0.3) is 10.9 Å². The Morgan fingerprint density at radius 1 is 1.38 bits per heavy atom. The van der Waals surface area contributed by atoms with E-state index in [4.69, 9.17) is 5.73 Å². The number of alkyl halides is 1. The van der Waals surface area contributed by atoms with Crippen LogP contribution in [0.2, 0.25) is 0 Å². The van der Waals surface area contributed by atoms with E-state index in [-0.39, 0.29) is 25.1 Å². The van der Waals surface area contributed by atoms with Crippen molar-refractivity contribution < 1.29 is 4.39 Å². The van der Waals surface area contributed by atoms with E-state index in [1.54, 1.807) is 0 Å². The summed E-state index contributed by atoms with van der Waals surface area (Å²) in [5.74, 6) is 0. The minimum atomic E-state index is -0.371. The van der Waals surface area contributed by atoms with E-state index in [1.165, 1.54) is 0 Å². The van der Waals surface area contributed by atoms with E-state index in [2.05, 4.69) is 0 Å². The smallest absolute Gasteiger partial charge is 0.0912 e. The number of nitrogens with zero attached hydrogens (tertiary/aromatic N) is 1. The molecule has 0 aliphatic rings. The predicted octanol–water partition coefficient (Wildman–Crippen LogP) is 2.96. The minimum absolute atomic E-state index is 0. The van der Waals surface area contributed by atoms with E-state index >= 15 is 0 Å². The molecule has 4 heteroatoms. The molecule has 2 rings (SSSR count). The molecule has 1 aromatic carbocycles. The standard InChI is InChI=1S/C12H15FN2.ClH/c1-15-8-10(11(14)6-7-13)9-4-2-3-5-12(9)15;/h2-5,8,11H,6-7,14H2,1H3;1H/t11-;/m1./s1. The fraction of sp³-hybridized carbons (Fsp3) is 0.333. The van der Waals surface area contributed by atoms with Crippen molar-refractivity contribution in [1.82, 2.24) is 4.57 Å². The van der Waals surface area contributed by atoms with Gasteiger partial charge in [-0.15, -0.1) is 12.4 Å². The summed E-state index contributed by atoms with van der Waals surface area (Å²) in [6.07, 6.45) is 2.37. The lowest BCUT2D eigenvalue weighted by molar-refractivity contribution is 0.442. The van der Waals surface area contributed by atoms with E-state index in [0.717, 1.165) is 16.5 Å². The van der Waals surface area contributed by atoms with Gasteiger partial charge in [0, 0.05) is 30.2 Å². The van der Waals surface area contributed by atoms with Gasteiger partial charge < -0.3 is 10.3 Å². The van der Waals surface area contributed by atoms with Gasteiger partial charge in [-0.3, -0.25) is 4.39 Å². The maximum Gasteiger partial charge on any atom is 0.0912 e. The topological polar surface area (TPSA) is 30.9 Å². The molecule has 0 radical (unpaired) electrons. The van der Waals surface area contributed by atoms with E-state index < -0.39 is 0 Å². The van der Waals surface area contributed by atoms with Crippen LogP contribution < -0.4 is 5.73 Å². The number of nitrogens with two attached hydrogens (primary N) is 1. The summed E-state index contributed by atoms with van der Waals surface area (Å²) in [6, 6.07) is 7.84. The SMILES string of the molecule is Cl.Cn1cc([C@H](N)CCF)c2ccccc21. The first-order chi connectivity index (χ1) is 7.24. The lowest BCUT2D eigenvalue weighted by Crippen LogP contribution is -2.10. The number of fused-ring (bicyclic) bond motifs is 1. The molecule has 1 aromatic heterocycles. The number of benzene rings is 1. The molecule has 2 N–H and O–H groups in total. The largest absolute Gasteiger partial charge is 0.350 e. The molecule has 0 saturated carbocycles. The van der Waals surface area contributed by atoms with E-state index in [9.17, 15) is 4.39 Å². The highest BCUT2D eigenvalue weighted by atomic mass is 35.5. The normalized spacial score (nSPS) is 12.4. The first-order valence-electron chi connectivity index (χ1n) is 5.09. The lowest BCUT2D eigenvalue weighted by Gasteiger charge is -2.07. The van der Waals surface area contributed by atoms with Gasteiger partial charge in [-0.25, -0.2) is 0 Å². The fourth-order valence-electron chi connectivity index (χ4n) is 1.94. The molecule has 0 amide bonds. The molecule has 88 valence electrons. The van der Waals surface area contributed by atoms with Crippen molar-refractivity contribution in [3.05, 3.63) is 36.0 Å². The molecule has 0 bridgehead atoms. The van der Waals surface area contributed by atoms with Gasteiger partial charge in [0.05, 0.1) is 6.67 Å². The number of hydrogen-bond acceptors (Lipinski definition) is 1. The second-order valence-corrected chi connectivity index (χ2v) is 3.80. The number of para-hydroxylation sites is 1. The minimum Gasteiger partial charge on any atom is -0.350 e. The molecule has 0 fully saturated rings. The molecule has 2 nitrogen and oxygen atoms in total. The molecule has 1 heterocycles. The van der Waals surface area contributed by atoms with Crippen LogP contribution in [-0.4, -0.2) is 11.2 Å². The van der Waals surface area contributed by atoms with Gasteiger partial charge in [0.25, 0.3) is 0 Å². The van der Waals surface area contributed by atoms with Crippen LogP contribution in [0.5, 0.6) is 0 Å².